The normalized spacial score (nSPS) is 25.0. The predicted octanol–water partition coefficient (Wildman–Crippen LogP) is 0.941. The second kappa shape index (κ2) is 4.47. The fraction of sp³-hybridized carbons (Fsp3) is 0.750. The molecular weight excluding hydrogens is 126 g/mol. The molecule has 58 valence electrons. The van der Waals surface area contributed by atoms with Crippen molar-refractivity contribution in [2.45, 2.75) is 18.9 Å². The molecular formula is C8H15NO. The van der Waals surface area contributed by atoms with Crippen LogP contribution in [0.25, 0.3) is 0 Å². The Kier molecular flexibility index (Phi) is 3.47. The van der Waals surface area contributed by atoms with Crippen LogP contribution in [0.15, 0.2) is 12.7 Å². The molecule has 1 N–H and O–H groups in total. The van der Waals surface area contributed by atoms with Gasteiger partial charge < -0.3 is 10.1 Å². The molecule has 1 heterocycles. The van der Waals surface area contributed by atoms with Gasteiger partial charge in [-0.05, 0) is 12.8 Å². The van der Waals surface area contributed by atoms with E-state index in [4.69, 9.17) is 4.74 Å². The maximum absolute atomic E-state index is 5.40. The van der Waals surface area contributed by atoms with Crippen LogP contribution in [0.4, 0.5) is 0 Å². The Morgan fingerprint density at radius 2 is 2.60 bits per heavy atom. The summed E-state index contributed by atoms with van der Waals surface area (Å²) in [6.07, 6.45) is 4.76. The summed E-state index contributed by atoms with van der Waals surface area (Å²) < 4.78 is 5.40. The summed E-state index contributed by atoms with van der Waals surface area (Å²) in [5.74, 6) is 0. The minimum atomic E-state index is 0.458. The number of nitrogens with one attached hydrogen (secondary N) is 1. The summed E-state index contributed by atoms with van der Waals surface area (Å²) in [6.45, 7) is 6.43. The first-order valence-electron chi connectivity index (χ1n) is 3.86. The maximum atomic E-state index is 5.40. The van der Waals surface area contributed by atoms with Crippen LogP contribution >= 0.6 is 0 Å². The van der Waals surface area contributed by atoms with Gasteiger partial charge in [-0.25, -0.2) is 0 Å². The molecule has 2 heteroatoms. The van der Waals surface area contributed by atoms with Crippen molar-refractivity contribution < 1.29 is 4.74 Å². The van der Waals surface area contributed by atoms with Crippen LogP contribution in [0.2, 0.25) is 0 Å². The molecule has 1 unspecified atom stereocenters. The van der Waals surface area contributed by atoms with Crippen LogP contribution in [0.3, 0.4) is 0 Å². The first-order valence-corrected chi connectivity index (χ1v) is 3.86. The fourth-order valence-corrected chi connectivity index (χ4v) is 1.15. The SMILES string of the molecule is C=CCNCC1CCCO1. The average Bonchev–Trinajstić information content (AvgIpc) is 2.41. The van der Waals surface area contributed by atoms with E-state index in [1.54, 1.807) is 0 Å². The van der Waals surface area contributed by atoms with E-state index in [-0.39, 0.29) is 0 Å². The predicted molar refractivity (Wildman–Crippen MR) is 42.0 cm³/mol. The van der Waals surface area contributed by atoms with Crippen molar-refractivity contribution in [2.24, 2.45) is 0 Å². The third-order valence-electron chi connectivity index (χ3n) is 1.68. The molecule has 0 aromatic carbocycles. The highest BCUT2D eigenvalue weighted by atomic mass is 16.5. The molecule has 0 spiro atoms. The maximum Gasteiger partial charge on any atom is 0.0700 e. The van der Waals surface area contributed by atoms with E-state index >= 15 is 0 Å². The third kappa shape index (κ3) is 2.50. The van der Waals surface area contributed by atoms with Crippen LogP contribution in [-0.4, -0.2) is 25.8 Å². The molecule has 0 amide bonds. The zero-order valence-electron chi connectivity index (χ0n) is 6.31. The highest BCUT2D eigenvalue weighted by molar-refractivity contribution is 4.73. The molecule has 10 heavy (non-hydrogen) atoms. The van der Waals surface area contributed by atoms with E-state index in [0.717, 1.165) is 19.7 Å². The lowest BCUT2D eigenvalue weighted by atomic mass is 10.2. The van der Waals surface area contributed by atoms with E-state index < -0.39 is 0 Å². The van der Waals surface area contributed by atoms with Crippen molar-refractivity contribution in [3.05, 3.63) is 12.7 Å². The molecule has 1 aliphatic rings. The van der Waals surface area contributed by atoms with Crippen LogP contribution in [0.5, 0.6) is 0 Å². The van der Waals surface area contributed by atoms with Crippen molar-refractivity contribution in [2.75, 3.05) is 19.7 Å². The van der Waals surface area contributed by atoms with Gasteiger partial charge in [0.25, 0.3) is 0 Å². The molecule has 1 saturated heterocycles. The van der Waals surface area contributed by atoms with Crippen molar-refractivity contribution in [3.8, 4) is 0 Å². The van der Waals surface area contributed by atoms with Gasteiger partial charge in [0.2, 0.25) is 0 Å². The van der Waals surface area contributed by atoms with Gasteiger partial charge in [0, 0.05) is 19.7 Å². The number of ether oxygens (including phenoxy) is 1. The molecule has 1 fully saturated rings. The van der Waals surface area contributed by atoms with Gasteiger partial charge >= 0.3 is 0 Å². The highest BCUT2D eigenvalue weighted by Crippen LogP contribution is 2.10. The van der Waals surface area contributed by atoms with Gasteiger partial charge in [-0.2, -0.15) is 0 Å². The van der Waals surface area contributed by atoms with Crippen LogP contribution in [0.1, 0.15) is 12.8 Å². The van der Waals surface area contributed by atoms with Crippen molar-refractivity contribution in [3.63, 3.8) is 0 Å². The minimum absolute atomic E-state index is 0.458. The van der Waals surface area contributed by atoms with Gasteiger partial charge in [-0.1, -0.05) is 6.08 Å². The number of hydrogen-bond acceptors (Lipinski definition) is 2. The Hall–Kier alpha value is -0.340. The van der Waals surface area contributed by atoms with Gasteiger partial charge in [0.15, 0.2) is 0 Å². The minimum Gasteiger partial charge on any atom is -0.377 e. The van der Waals surface area contributed by atoms with Gasteiger partial charge in [-0.3, -0.25) is 0 Å². The standard InChI is InChI=1S/C8H15NO/c1-2-5-9-7-8-4-3-6-10-8/h2,8-9H,1,3-7H2. The lowest BCUT2D eigenvalue weighted by molar-refractivity contribution is 0.111. The molecule has 2 nitrogen and oxygen atoms in total. The van der Waals surface area contributed by atoms with E-state index in [2.05, 4.69) is 11.9 Å². The molecule has 0 radical (unpaired) electrons. The Labute approximate surface area is 62.3 Å². The van der Waals surface area contributed by atoms with Crippen molar-refractivity contribution >= 4 is 0 Å². The summed E-state index contributed by atoms with van der Waals surface area (Å²) >= 11 is 0. The van der Waals surface area contributed by atoms with Gasteiger partial charge in [0.1, 0.15) is 0 Å². The van der Waals surface area contributed by atoms with E-state index in [0.29, 0.717) is 6.10 Å². The summed E-state index contributed by atoms with van der Waals surface area (Å²) in [4.78, 5) is 0. The molecule has 1 rings (SSSR count). The molecule has 1 atom stereocenters. The van der Waals surface area contributed by atoms with Crippen LogP contribution < -0.4 is 5.32 Å². The highest BCUT2D eigenvalue weighted by Gasteiger charge is 2.13. The van der Waals surface area contributed by atoms with Crippen molar-refractivity contribution in [1.82, 2.24) is 5.32 Å². The Morgan fingerprint density at radius 3 is 3.20 bits per heavy atom. The zero-order valence-corrected chi connectivity index (χ0v) is 6.31. The van der Waals surface area contributed by atoms with Crippen LogP contribution in [0, 0.1) is 0 Å². The zero-order chi connectivity index (χ0) is 7.23. The molecule has 0 bridgehead atoms. The van der Waals surface area contributed by atoms with Crippen LogP contribution in [-0.2, 0) is 4.74 Å². The summed E-state index contributed by atoms with van der Waals surface area (Å²) in [6, 6.07) is 0. The quantitative estimate of drug-likeness (QED) is 0.464. The smallest absolute Gasteiger partial charge is 0.0700 e. The van der Waals surface area contributed by atoms with E-state index in [9.17, 15) is 0 Å². The monoisotopic (exact) mass is 141 g/mol. The van der Waals surface area contributed by atoms with Gasteiger partial charge in [0.05, 0.1) is 6.10 Å². The molecule has 0 aromatic rings. The largest absolute Gasteiger partial charge is 0.377 e. The number of rotatable bonds is 4. The summed E-state index contributed by atoms with van der Waals surface area (Å²) in [5, 5.41) is 3.23. The lowest BCUT2D eigenvalue weighted by Gasteiger charge is -2.08. The van der Waals surface area contributed by atoms with E-state index in [1.165, 1.54) is 12.8 Å². The molecule has 0 aliphatic carbocycles. The first kappa shape index (κ1) is 7.76. The Morgan fingerprint density at radius 1 is 1.70 bits per heavy atom. The summed E-state index contributed by atoms with van der Waals surface area (Å²) in [5.41, 5.74) is 0. The lowest BCUT2D eigenvalue weighted by Crippen LogP contribution is -2.26. The molecule has 0 saturated carbocycles. The Balaban J connectivity index is 1.96. The first-order chi connectivity index (χ1) is 4.93. The number of hydrogen-bond donors (Lipinski definition) is 1. The Bertz CT molecular complexity index is 97.4. The average molecular weight is 141 g/mol. The third-order valence-corrected chi connectivity index (χ3v) is 1.68. The fourth-order valence-electron chi connectivity index (χ4n) is 1.15. The van der Waals surface area contributed by atoms with Crippen molar-refractivity contribution in [1.29, 1.82) is 0 Å². The van der Waals surface area contributed by atoms with E-state index in [1.807, 2.05) is 6.08 Å². The second-order valence-electron chi connectivity index (χ2n) is 2.58. The summed E-state index contributed by atoms with van der Waals surface area (Å²) in [7, 11) is 0. The van der Waals surface area contributed by atoms with Gasteiger partial charge in [-0.15, -0.1) is 6.58 Å². The second-order valence-corrected chi connectivity index (χ2v) is 2.58. The molecule has 1 aliphatic heterocycles. The molecule has 0 aromatic heterocycles. The topological polar surface area (TPSA) is 21.3 Å².